The lowest BCUT2D eigenvalue weighted by molar-refractivity contribution is -0.355. The number of hydrogen-bond donors (Lipinski definition) is 4. The highest BCUT2D eigenvalue weighted by atomic mass is 16.6. The van der Waals surface area contributed by atoms with E-state index in [2.05, 4.69) is 4.90 Å². The summed E-state index contributed by atoms with van der Waals surface area (Å²) < 4.78 is 36.9. The molecule has 0 unspecified atom stereocenters. The number of rotatable bonds is 9. The van der Waals surface area contributed by atoms with E-state index in [1.165, 1.54) is 28.3 Å². The largest absolute Gasteiger partial charge is 0.455 e. The molecule has 13 heteroatoms. The summed E-state index contributed by atoms with van der Waals surface area (Å²) in [6.07, 6.45) is -7.38. The second kappa shape index (κ2) is 10.9. The Morgan fingerprint density at radius 2 is 1.68 bits per heavy atom. The Morgan fingerprint density at radius 3 is 2.26 bits per heavy atom. The van der Waals surface area contributed by atoms with Crippen molar-refractivity contribution >= 4 is 11.9 Å². The quantitative estimate of drug-likeness (QED) is 0.256. The second-order valence-corrected chi connectivity index (χ2v) is 14.6. The molecule has 7 rings (SSSR count). The molecule has 15 atom stereocenters. The van der Waals surface area contributed by atoms with Crippen molar-refractivity contribution in [3.63, 3.8) is 0 Å². The van der Waals surface area contributed by atoms with Gasteiger partial charge in [-0.05, 0) is 18.7 Å². The molecule has 13 nitrogen and oxygen atoms in total. The molecule has 6 aliphatic rings. The van der Waals surface area contributed by atoms with Crippen LogP contribution >= 0.6 is 0 Å². The molecule has 7 bridgehead atoms. The highest BCUT2D eigenvalue weighted by Crippen LogP contribution is 2.81. The summed E-state index contributed by atoms with van der Waals surface area (Å²) in [6.45, 7) is 4.15. The lowest BCUT2D eigenvalue weighted by atomic mass is 9.40. The standard InChI is InChI=1S/C34H47NO12/c1-7-35-15-30(16-42-3)19(37)13-20(43-4)33-23(30)22(44-5)21(25(33)35)34(47-17(2)36)24-27(46-29(39)18-11-9-8-10-12-18)31(40,14-32(24,33)41)28(45-6)26(34)38/h8-12,19-28,37-38,40-41H,7,13-16H2,1-6H3/t19-,20+,21+,22-,23-,24+,25-,26+,27-,28+,30+,31-,32+,33-,34+/m1/s1. The molecule has 0 radical (unpaired) electrons. The minimum absolute atomic E-state index is 0.119. The van der Waals surface area contributed by atoms with Crippen LogP contribution in [0, 0.1) is 28.6 Å². The van der Waals surface area contributed by atoms with Crippen LogP contribution in [0.4, 0.5) is 0 Å². The lowest BCUT2D eigenvalue weighted by Crippen LogP contribution is -2.85. The molecule has 1 aromatic carbocycles. The van der Waals surface area contributed by atoms with Gasteiger partial charge < -0.3 is 48.8 Å². The highest BCUT2D eigenvalue weighted by molar-refractivity contribution is 5.89. The molecule has 0 amide bonds. The lowest BCUT2D eigenvalue weighted by Gasteiger charge is -2.72. The summed E-state index contributed by atoms with van der Waals surface area (Å²) >= 11 is 0. The minimum atomic E-state index is -2.12. The zero-order valence-electron chi connectivity index (χ0n) is 27.7. The number of esters is 2. The number of likely N-dealkylation sites (tertiary alicyclic amines) is 1. The SMILES string of the molecule is CCN1C[C@]2(COC)[C@H](O)C[C@H](OC)[C@@]34[C@@H]2[C@H](OC)[C@@H]([C@@H]13)[C@]1(OC(C)=O)[C@H]2[C@@H](OC(=O)c3ccccc3)[C@](O)(C[C@]24O)[C@@H](OC)[C@@H]1O. The Kier molecular flexibility index (Phi) is 7.72. The van der Waals surface area contributed by atoms with Crippen molar-refractivity contribution in [3.05, 3.63) is 35.9 Å². The Balaban J connectivity index is 1.57. The number of carbonyl (C=O) groups excluding carboxylic acids is 2. The first-order valence-electron chi connectivity index (χ1n) is 16.4. The van der Waals surface area contributed by atoms with Gasteiger partial charge in [-0.3, -0.25) is 9.69 Å². The number of piperidine rings is 1. The van der Waals surface area contributed by atoms with E-state index in [0.717, 1.165) is 0 Å². The van der Waals surface area contributed by atoms with Gasteiger partial charge >= 0.3 is 11.9 Å². The monoisotopic (exact) mass is 661 g/mol. The van der Waals surface area contributed by atoms with Crippen molar-refractivity contribution in [2.75, 3.05) is 48.1 Å². The van der Waals surface area contributed by atoms with E-state index >= 15 is 0 Å². The number of aliphatic hydroxyl groups is 4. The van der Waals surface area contributed by atoms with Crippen LogP contribution in [0.25, 0.3) is 0 Å². The number of carbonyl (C=O) groups is 2. The Hall–Kier alpha value is -2.20. The molecular weight excluding hydrogens is 614 g/mol. The van der Waals surface area contributed by atoms with Crippen molar-refractivity contribution in [2.24, 2.45) is 28.6 Å². The van der Waals surface area contributed by atoms with Crippen LogP contribution in [0.3, 0.4) is 0 Å². The molecule has 1 aromatic rings. The van der Waals surface area contributed by atoms with E-state index in [1.807, 2.05) is 6.92 Å². The third-order valence-electron chi connectivity index (χ3n) is 13.2. The molecule has 6 fully saturated rings. The number of hydrogen-bond acceptors (Lipinski definition) is 13. The smallest absolute Gasteiger partial charge is 0.338 e. The van der Waals surface area contributed by atoms with Gasteiger partial charge in [0.1, 0.15) is 23.9 Å². The molecule has 1 heterocycles. The zero-order valence-corrected chi connectivity index (χ0v) is 27.7. The van der Waals surface area contributed by atoms with Gasteiger partial charge in [0.25, 0.3) is 0 Å². The van der Waals surface area contributed by atoms with Gasteiger partial charge in [0.2, 0.25) is 0 Å². The van der Waals surface area contributed by atoms with Crippen molar-refractivity contribution in [2.45, 2.75) is 86.2 Å². The van der Waals surface area contributed by atoms with Crippen LogP contribution in [-0.2, 0) is 33.2 Å². The fourth-order valence-corrected chi connectivity index (χ4v) is 12.3. The Morgan fingerprint density at radius 1 is 0.979 bits per heavy atom. The van der Waals surface area contributed by atoms with Crippen LogP contribution in [-0.4, -0.2) is 145 Å². The first kappa shape index (κ1) is 33.3. The van der Waals surface area contributed by atoms with E-state index in [4.69, 9.17) is 28.4 Å². The van der Waals surface area contributed by atoms with Gasteiger partial charge in [-0.2, -0.15) is 0 Å². The number of ether oxygens (including phenoxy) is 6. The average Bonchev–Trinajstić information content (AvgIpc) is 3.39. The third-order valence-corrected chi connectivity index (χ3v) is 13.2. The van der Waals surface area contributed by atoms with Gasteiger partial charge in [-0.25, -0.2) is 4.79 Å². The van der Waals surface area contributed by atoms with Crippen molar-refractivity contribution in [1.29, 1.82) is 0 Å². The maximum atomic E-state index is 13.8. The third kappa shape index (κ3) is 3.65. The average molecular weight is 662 g/mol. The van der Waals surface area contributed by atoms with E-state index in [1.54, 1.807) is 37.4 Å². The first-order chi connectivity index (χ1) is 22.3. The maximum Gasteiger partial charge on any atom is 0.338 e. The first-order valence-corrected chi connectivity index (χ1v) is 16.4. The summed E-state index contributed by atoms with van der Waals surface area (Å²) in [4.78, 5) is 29.2. The van der Waals surface area contributed by atoms with Gasteiger partial charge in [0.15, 0.2) is 5.60 Å². The molecule has 5 saturated carbocycles. The molecule has 0 aromatic heterocycles. The molecule has 260 valence electrons. The Bertz CT molecular complexity index is 1410. The van der Waals surface area contributed by atoms with E-state index < -0.39 is 106 Å². The summed E-state index contributed by atoms with van der Waals surface area (Å²) in [5, 5.41) is 51.1. The number of fused-ring (bicyclic) bond motifs is 2. The predicted molar refractivity (Wildman–Crippen MR) is 162 cm³/mol. The number of methoxy groups -OCH3 is 4. The fraction of sp³-hybridized carbons (Fsp3) is 0.765. The Labute approximate surface area is 274 Å². The minimum Gasteiger partial charge on any atom is -0.455 e. The van der Waals surface area contributed by atoms with Gasteiger partial charge in [0, 0.05) is 83.5 Å². The van der Waals surface area contributed by atoms with Crippen LogP contribution in [0.2, 0.25) is 0 Å². The van der Waals surface area contributed by atoms with Crippen LogP contribution < -0.4 is 0 Å². The van der Waals surface area contributed by atoms with Crippen LogP contribution in [0.15, 0.2) is 30.3 Å². The molecule has 47 heavy (non-hydrogen) atoms. The van der Waals surface area contributed by atoms with E-state index in [9.17, 15) is 30.0 Å². The van der Waals surface area contributed by atoms with Crippen LogP contribution in [0.1, 0.15) is 37.0 Å². The van der Waals surface area contributed by atoms with Crippen LogP contribution in [0.5, 0.6) is 0 Å². The summed E-state index contributed by atoms with van der Waals surface area (Å²) in [6, 6.07) is 7.64. The number of aliphatic hydroxyl groups excluding tert-OH is 2. The molecule has 1 aliphatic heterocycles. The maximum absolute atomic E-state index is 13.8. The number of nitrogens with zero attached hydrogens (tertiary/aromatic N) is 1. The van der Waals surface area contributed by atoms with E-state index in [0.29, 0.717) is 13.1 Å². The zero-order chi connectivity index (χ0) is 33.9. The molecular formula is C34H47NO12. The normalized spacial score (nSPS) is 50.7. The topological polar surface area (TPSA) is 174 Å². The summed E-state index contributed by atoms with van der Waals surface area (Å²) in [7, 11) is 5.94. The summed E-state index contributed by atoms with van der Waals surface area (Å²) in [5.41, 5.74) is -8.15. The fourth-order valence-electron chi connectivity index (χ4n) is 12.3. The van der Waals surface area contributed by atoms with Crippen molar-refractivity contribution < 1.29 is 58.4 Å². The van der Waals surface area contributed by atoms with Crippen molar-refractivity contribution in [3.8, 4) is 0 Å². The van der Waals surface area contributed by atoms with Crippen molar-refractivity contribution in [1.82, 2.24) is 4.90 Å². The van der Waals surface area contributed by atoms with Gasteiger partial charge in [0.05, 0.1) is 42.0 Å². The molecule has 5 aliphatic carbocycles. The molecule has 4 N–H and O–H groups in total. The van der Waals surface area contributed by atoms with Gasteiger partial charge in [-0.15, -0.1) is 0 Å². The summed E-state index contributed by atoms with van der Waals surface area (Å²) in [5.74, 6) is -4.34. The van der Waals surface area contributed by atoms with E-state index in [-0.39, 0.29) is 18.6 Å². The predicted octanol–water partition coefficient (Wildman–Crippen LogP) is -0.237. The molecule has 1 saturated heterocycles. The van der Waals surface area contributed by atoms with Gasteiger partial charge in [-0.1, -0.05) is 25.1 Å². The molecule has 1 spiro atoms. The second-order valence-electron chi connectivity index (χ2n) is 14.6. The number of benzene rings is 1. The highest BCUT2D eigenvalue weighted by Gasteiger charge is 2.96.